The topological polar surface area (TPSA) is 26.0 Å². The molecule has 0 saturated carbocycles. The average molecular weight is 306 g/mol. The van der Waals surface area contributed by atoms with Crippen LogP contribution in [0.15, 0.2) is 30.3 Å². The molecule has 1 atom stereocenters. The van der Waals surface area contributed by atoms with Gasteiger partial charge in [0.05, 0.1) is 0 Å². The molecule has 2 N–H and O–H groups in total. The second kappa shape index (κ2) is 6.30. The molecule has 3 heteroatoms. The molecule has 20 heavy (non-hydrogen) atoms. The normalized spacial score (nSPS) is 16.5. The van der Waals surface area contributed by atoms with Crippen LogP contribution in [-0.4, -0.2) is 0 Å². The van der Waals surface area contributed by atoms with Gasteiger partial charge < -0.3 is 5.73 Å². The summed E-state index contributed by atoms with van der Waals surface area (Å²) in [6.45, 7) is 0. The largest absolute Gasteiger partial charge is 0.323 e. The number of thiophene rings is 1. The minimum atomic E-state index is 0.0619. The van der Waals surface area contributed by atoms with Crippen molar-refractivity contribution in [1.29, 1.82) is 0 Å². The first-order valence-electron chi connectivity index (χ1n) is 7.34. The summed E-state index contributed by atoms with van der Waals surface area (Å²) in [5.41, 5.74) is 9.08. The van der Waals surface area contributed by atoms with Crippen LogP contribution in [0.3, 0.4) is 0 Å². The van der Waals surface area contributed by atoms with Crippen molar-refractivity contribution in [2.75, 3.05) is 0 Å². The van der Waals surface area contributed by atoms with E-state index in [4.69, 9.17) is 17.3 Å². The van der Waals surface area contributed by atoms with E-state index in [1.54, 1.807) is 4.88 Å². The highest BCUT2D eigenvalue weighted by atomic mass is 35.5. The lowest BCUT2D eigenvalue weighted by Crippen LogP contribution is -2.12. The lowest BCUT2D eigenvalue weighted by atomic mass is 10.0. The van der Waals surface area contributed by atoms with Crippen LogP contribution in [0.4, 0.5) is 0 Å². The van der Waals surface area contributed by atoms with Gasteiger partial charge in [-0.3, -0.25) is 0 Å². The highest BCUT2D eigenvalue weighted by molar-refractivity contribution is 7.12. The first-order chi connectivity index (χ1) is 9.74. The number of benzene rings is 1. The summed E-state index contributed by atoms with van der Waals surface area (Å²) >= 11 is 8.14. The molecule has 0 radical (unpaired) electrons. The fourth-order valence-electron chi connectivity index (χ4n) is 2.87. The fraction of sp³-hybridized carbons (Fsp3) is 0.412. The monoisotopic (exact) mass is 305 g/mol. The summed E-state index contributed by atoms with van der Waals surface area (Å²) in [6, 6.07) is 10.4. The van der Waals surface area contributed by atoms with Gasteiger partial charge in [0.1, 0.15) is 0 Å². The molecule has 1 unspecified atom stereocenters. The van der Waals surface area contributed by atoms with Crippen LogP contribution in [0, 0.1) is 0 Å². The van der Waals surface area contributed by atoms with E-state index in [0.29, 0.717) is 0 Å². The first kappa shape index (κ1) is 14.1. The maximum Gasteiger partial charge on any atom is 0.0438 e. The quantitative estimate of drug-likeness (QED) is 0.801. The Morgan fingerprint density at radius 2 is 1.95 bits per heavy atom. The van der Waals surface area contributed by atoms with Crippen LogP contribution in [-0.2, 0) is 19.3 Å². The predicted molar refractivity (Wildman–Crippen MR) is 87.7 cm³/mol. The molecule has 1 aromatic heterocycles. The summed E-state index contributed by atoms with van der Waals surface area (Å²) in [5, 5.41) is 0.820. The summed E-state index contributed by atoms with van der Waals surface area (Å²) in [4.78, 5) is 2.88. The number of hydrogen-bond acceptors (Lipinski definition) is 2. The Morgan fingerprint density at radius 3 is 2.80 bits per heavy atom. The molecule has 1 aliphatic carbocycles. The molecule has 0 bridgehead atoms. The summed E-state index contributed by atoms with van der Waals surface area (Å²) in [5.74, 6) is 0. The third kappa shape index (κ3) is 3.08. The number of rotatable bonds is 3. The van der Waals surface area contributed by atoms with Crippen LogP contribution in [0.25, 0.3) is 0 Å². The maximum atomic E-state index is 6.40. The zero-order valence-electron chi connectivity index (χ0n) is 11.6. The average Bonchev–Trinajstić information content (AvgIpc) is 2.73. The predicted octanol–water partition coefficient (Wildman–Crippen LogP) is 4.91. The Labute approximate surface area is 129 Å². The zero-order valence-corrected chi connectivity index (χ0v) is 13.1. The second-order valence-electron chi connectivity index (χ2n) is 5.56. The van der Waals surface area contributed by atoms with Gasteiger partial charge in [0.15, 0.2) is 0 Å². The van der Waals surface area contributed by atoms with E-state index < -0.39 is 0 Å². The van der Waals surface area contributed by atoms with Gasteiger partial charge in [0.25, 0.3) is 0 Å². The van der Waals surface area contributed by atoms with E-state index in [2.05, 4.69) is 12.1 Å². The van der Waals surface area contributed by atoms with Crippen molar-refractivity contribution in [2.24, 2.45) is 5.73 Å². The van der Waals surface area contributed by atoms with Gasteiger partial charge in [0, 0.05) is 20.8 Å². The molecule has 2 aromatic rings. The van der Waals surface area contributed by atoms with Gasteiger partial charge in [-0.1, -0.05) is 36.2 Å². The molecular formula is C17H20ClNS. The van der Waals surface area contributed by atoms with Crippen LogP contribution in [0.5, 0.6) is 0 Å². The minimum absolute atomic E-state index is 0.0619. The number of nitrogens with two attached hydrogens (primary N) is 1. The van der Waals surface area contributed by atoms with Crippen molar-refractivity contribution >= 4 is 22.9 Å². The number of aryl methyl sites for hydroxylation is 2. The Kier molecular flexibility index (Phi) is 4.45. The smallest absolute Gasteiger partial charge is 0.0438 e. The Hall–Kier alpha value is -0.830. The summed E-state index contributed by atoms with van der Waals surface area (Å²) in [7, 11) is 0. The molecule has 1 heterocycles. The van der Waals surface area contributed by atoms with Gasteiger partial charge in [-0.05, 0) is 55.4 Å². The van der Waals surface area contributed by atoms with E-state index >= 15 is 0 Å². The number of fused-ring (bicyclic) bond motifs is 1. The fourth-order valence-corrected chi connectivity index (χ4v) is 4.35. The molecule has 0 fully saturated rings. The van der Waals surface area contributed by atoms with Crippen molar-refractivity contribution in [2.45, 2.75) is 44.6 Å². The van der Waals surface area contributed by atoms with Crippen LogP contribution < -0.4 is 5.73 Å². The molecule has 0 amide bonds. The SMILES string of the molecule is NC(Cc1ccccc1Cl)c1cc2c(s1)CCCCC2. The molecule has 1 aliphatic rings. The van der Waals surface area contributed by atoms with Gasteiger partial charge in [-0.15, -0.1) is 11.3 Å². The maximum absolute atomic E-state index is 6.40. The van der Waals surface area contributed by atoms with Crippen molar-refractivity contribution in [3.63, 3.8) is 0 Å². The Bertz CT molecular complexity index is 567. The molecule has 106 valence electrons. The number of hydrogen-bond donors (Lipinski definition) is 1. The Balaban J connectivity index is 1.77. The van der Waals surface area contributed by atoms with Gasteiger partial charge >= 0.3 is 0 Å². The summed E-state index contributed by atoms with van der Waals surface area (Å²) < 4.78 is 0. The molecule has 0 spiro atoms. The third-order valence-electron chi connectivity index (χ3n) is 4.03. The van der Waals surface area contributed by atoms with E-state index in [9.17, 15) is 0 Å². The van der Waals surface area contributed by atoms with Crippen molar-refractivity contribution in [1.82, 2.24) is 0 Å². The Morgan fingerprint density at radius 1 is 1.15 bits per heavy atom. The highest BCUT2D eigenvalue weighted by Crippen LogP contribution is 2.33. The standard InChI is InChI=1S/C17H20ClNS/c18-14-8-5-4-6-12(14)10-15(19)17-11-13-7-2-1-3-9-16(13)20-17/h4-6,8,11,15H,1-3,7,9-10,19H2. The molecule has 3 rings (SSSR count). The van der Waals surface area contributed by atoms with Crippen LogP contribution in [0.2, 0.25) is 5.02 Å². The molecule has 0 saturated heterocycles. The molecule has 1 aromatic carbocycles. The van der Waals surface area contributed by atoms with Crippen molar-refractivity contribution in [3.8, 4) is 0 Å². The lowest BCUT2D eigenvalue weighted by Gasteiger charge is -2.11. The molecule has 1 nitrogen and oxygen atoms in total. The third-order valence-corrected chi connectivity index (χ3v) is 5.77. The highest BCUT2D eigenvalue weighted by Gasteiger charge is 2.17. The van der Waals surface area contributed by atoms with Gasteiger partial charge in [-0.25, -0.2) is 0 Å². The van der Waals surface area contributed by atoms with E-state index in [0.717, 1.165) is 17.0 Å². The summed E-state index contributed by atoms with van der Waals surface area (Å²) in [6.07, 6.45) is 7.29. The lowest BCUT2D eigenvalue weighted by molar-refractivity contribution is 0.709. The van der Waals surface area contributed by atoms with Gasteiger partial charge in [0.2, 0.25) is 0 Å². The van der Waals surface area contributed by atoms with Gasteiger partial charge in [-0.2, -0.15) is 0 Å². The molecular weight excluding hydrogens is 286 g/mol. The van der Waals surface area contributed by atoms with Crippen LogP contribution >= 0.6 is 22.9 Å². The van der Waals surface area contributed by atoms with Crippen molar-refractivity contribution < 1.29 is 0 Å². The van der Waals surface area contributed by atoms with E-state index in [1.807, 2.05) is 29.5 Å². The first-order valence-corrected chi connectivity index (χ1v) is 8.54. The minimum Gasteiger partial charge on any atom is -0.323 e. The molecule has 0 aliphatic heterocycles. The van der Waals surface area contributed by atoms with E-state index in [-0.39, 0.29) is 6.04 Å². The number of halogens is 1. The zero-order chi connectivity index (χ0) is 13.9. The van der Waals surface area contributed by atoms with Crippen molar-refractivity contribution in [3.05, 3.63) is 56.2 Å². The van der Waals surface area contributed by atoms with E-state index in [1.165, 1.54) is 42.5 Å². The second-order valence-corrected chi connectivity index (χ2v) is 7.14. The van der Waals surface area contributed by atoms with Crippen LogP contribution in [0.1, 0.15) is 46.2 Å².